The van der Waals surface area contributed by atoms with Crippen LogP contribution in [-0.2, 0) is 11.2 Å². The molecule has 8 heteroatoms. The number of nitrogens with one attached hydrogen (secondary N) is 2. The smallest absolute Gasteiger partial charge is 0.191 e. The number of nitrogens with zero attached hydrogens (tertiary/aromatic N) is 2. The Hall–Kier alpha value is -0.450. The summed E-state index contributed by atoms with van der Waals surface area (Å²) in [5.74, 6) is 0.668. The predicted molar refractivity (Wildman–Crippen MR) is 119 cm³/mol. The first-order chi connectivity index (χ1) is 12.2. The van der Waals surface area contributed by atoms with E-state index in [0.29, 0.717) is 13.0 Å². The van der Waals surface area contributed by atoms with Crippen molar-refractivity contribution in [1.82, 2.24) is 15.5 Å². The van der Waals surface area contributed by atoms with Crippen LogP contribution in [0.2, 0.25) is 0 Å². The molecule has 26 heavy (non-hydrogen) atoms. The molecule has 2 rings (SSSR count). The van der Waals surface area contributed by atoms with Gasteiger partial charge in [0.2, 0.25) is 0 Å². The van der Waals surface area contributed by atoms with Gasteiger partial charge in [-0.1, -0.05) is 22.0 Å². The lowest BCUT2D eigenvalue weighted by atomic mass is 10.1. The van der Waals surface area contributed by atoms with E-state index in [-0.39, 0.29) is 29.8 Å². The van der Waals surface area contributed by atoms with Crippen LogP contribution in [-0.4, -0.2) is 63.3 Å². The van der Waals surface area contributed by atoms with Crippen molar-refractivity contribution in [3.8, 4) is 0 Å². The highest BCUT2D eigenvalue weighted by Crippen LogP contribution is 2.16. The van der Waals surface area contributed by atoms with Gasteiger partial charge in [0.15, 0.2) is 5.96 Å². The molecule has 0 unspecified atom stereocenters. The molecule has 1 saturated heterocycles. The SMILES string of the molecule is CCNC(=NCCCc1ccc(Br)cc1F)NCCN1CCOCC1.I. The van der Waals surface area contributed by atoms with Crippen molar-refractivity contribution in [3.05, 3.63) is 34.1 Å². The molecule has 0 spiro atoms. The van der Waals surface area contributed by atoms with Crippen molar-refractivity contribution in [3.63, 3.8) is 0 Å². The Morgan fingerprint density at radius 2 is 2.08 bits per heavy atom. The van der Waals surface area contributed by atoms with Gasteiger partial charge in [0.05, 0.1) is 13.2 Å². The maximum absolute atomic E-state index is 13.8. The van der Waals surface area contributed by atoms with Crippen LogP contribution in [0.5, 0.6) is 0 Å². The molecule has 1 aliphatic rings. The Labute approximate surface area is 181 Å². The first-order valence-corrected chi connectivity index (χ1v) is 9.74. The second-order valence-corrected chi connectivity index (χ2v) is 6.90. The molecule has 0 aliphatic carbocycles. The van der Waals surface area contributed by atoms with Crippen LogP contribution in [0, 0.1) is 5.82 Å². The largest absolute Gasteiger partial charge is 0.379 e. The highest BCUT2D eigenvalue weighted by atomic mass is 127. The number of hydrogen-bond donors (Lipinski definition) is 2. The van der Waals surface area contributed by atoms with E-state index >= 15 is 0 Å². The van der Waals surface area contributed by atoms with E-state index in [1.165, 1.54) is 6.07 Å². The second kappa shape index (κ2) is 13.7. The number of benzene rings is 1. The summed E-state index contributed by atoms with van der Waals surface area (Å²) in [5, 5.41) is 6.61. The summed E-state index contributed by atoms with van der Waals surface area (Å²) in [6.45, 7) is 9.01. The average Bonchev–Trinajstić information content (AvgIpc) is 2.61. The number of aryl methyl sites for hydroxylation is 1. The molecular weight excluding hydrogens is 514 g/mol. The quantitative estimate of drug-likeness (QED) is 0.229. The summed E-state index contributed by atoms with van der Waals surface area (Å²) >= 11 is 3.28. The van der Waals surface area contributed by atoms with Crippen molar-refractivity contribution < 1.29 is 9.13 Å². The predicted octanol–water partition coefficient (Wildman–Crippen LogP) is 3.03. The van der Waals surface area contributed by atoms with Crippen molar-refractivity contribution in [2.24, 2.45) is 4.99 Å². The first kappa shape index (κ1) is 23.6. The fourth-order valence-corrected chi connectivity index (χ4v) is 3.02. The Balaban J connectivity index is 0.00000338. The minimum absolute atomic E-state index is 0. The van der Waals surface area contributed by atoms with Gasteiger partial charge < -0.3 is 15.4 Å². The zero-order chi connectivity index (χ0) is 17.9. The van der Waals surface area contributed by atoms with Gasteiger partial charge in [0.1, 0.15) is 5.82 Å². The number of aliphatic imine (C=N–C) groups is 1. The van der Waals surface area contributed by atoms with Crippen LogP contribution in [0.1, 0.15) is 18.9 Å². The first-order valence-electron chi connectivity index (χ1n) is 8.95. The standard InChI is InChI=1S/C18H28BrFN4O.HI/c1-2-21-18(23-8-9-24-10-12-25-13-11-24)22-7-3-4-15-5-6-16(19)14-17(15)20;/h5-6,14H,2-4,7-13H2,1H3,(H2,21,22,23);1H. The summed E-state index contributed by atoms with van der Waals surface area (Å²) in [6, 6.07) is 5.21. The van der Waals surface area contributed by atoms with Crippen molar-refractivity contribution in [1.29, 1.82) is 0 Å². The number of guanidine groups is 1. The molecule has 148 valence electrons. The Morgan fingerprint density at radius 3 is 2.77 bits per heavy atom. The second-order valence-electron chi connectivity index (χ2n) is 5.98. The van der Waals surface area contributed by atoms with Crippen molar-refractivity contribution in [2.45, 2.75) is 19.8 Å². The van der Waals surface area contributed by atoms with Crippen LogP contribution in [0.15, 0.2) is 27.7 Å². The summed E-state index contributed by atoms with van der Waals surface area (Å²) in [5.41, 5.74) is 0.740. The van der Waals surface area contributed by atoms with Crippen LogP contribution >= 0.6 is 39.9 Å². The minimum atomic E-state index is -0.158. The van der Waals surface area contributed by atoms with Gasteiger partial charge in [-0.05, 0) is 37.5 Å². The van der Waals surface area contributed by atoms with E-state index < -0.39 is 0 Å². The Kier molecular flexibility index (Phi) is 12.4. The molecule has 1 aliphatic heterocycles. The van der Waals surface area contributed by atoms with Crippen molar-refractivity contribution in [2.75, 3.05) is 52.5 Å². The fraction of sp³-hybridized carbons (Fsp3) is 0.611. The maximum Gasteiger partial charge on any atom is 0.191 e. The van der Waals surface area contributed by atoms with Gasteiger partial charge in [-0.15, -0.1) is 24.0 Å². The summed E-state index contributed by atoms with van der Waals surface area (Å²) in [7, 11) is 0. The molecule has 0 amide bonds. The van der Waals surface area contributed by atoms with Gasteiger partial charge in [-0.3, -0.25) is 9.89 Å². The number of morpholine rings is 1. The molecule has 1 aromatic rings. The lowest BCUT2D eigenvalue weighted by molar-refractivity contribution is 0.0389. The van der Waals surface area contributed by atoms with E-state index in [9.17, 15) is 4.39 Å². The molecule has 5 nitrogen and oxygen atoms in total. The highest BCUT2D eigenvalue weighted by Gasteiger charge is 2.09. The molecule has 1 aromatic carbocycles. The molecule has 0 aromatic heterocycles. The third kappa shape index (κ3) is 8.96. The number of hydrogen-bond acceptors (Lipinski definition) is 3. The maximum atomic E-state index is 13.8. The lowest BCUT2D eigenvalue weighted by Gasteiger charge is -2.26. The van der Waals surface area contributed by atoms with Gasteiger partial charge in [-0.2, -0.15) is 0 Å². The van der Waals surface area contributed by atoms with Gasteiger partial charge >= 0.3 is 0 Å². The van der Waals surface area contributed by atoms with Crippen LogP contribution in [0.4, 0.5) is 4.39 Å². The van der Waals surface area contributed by atoms with E-state index in [2.05, 4.69) is 43.4 Å². The van der Waals surface area contributed by atoms with Gasteiger partial charge in [-0.25, -0.2) is 4.39 Å². The average molecular weight is 543 g/mol. The molecule has 0 atom stereocenters. The third-order valence-corrected chi connectivity index (χ3v) is 4.55. The normalized spacial score (nSPS) is 15.4. The molecule has 0 bridgehead atoms. The van der Waals surface area contributed by atoms with Crippen LogP contribution in [0.25, 0.3) is 0 Å². The molecular formula is C18H29BrFIN4O. The van der Waals surface area contributed by atoms with Gasteiger partial charge in [0.25, 0.3) is 0 Å². The molecule has 0 saturated carbocycles. The molecule has 1 heterocycles. The zero-order valence-corrected chi connectivity index (χ0v) is 19.2. The number of rotatable bonds is 8. The van der Waals surface area contributed by atoms with E-state index in [4.69, 9.17) is 4.74 Å². The van der Waals surface area contributed by atoms with E-state index in [1.807, 2.05) is 12.1 Å². The van der Waals surface area contributed by atoms with Crippen molar-refractivity contribution >= 4 is 45.9 Å². The summed E-state index contributed by atoms with van der Waals surface area (Å²) < 4.78 is 19.9. The number of ether oxygens (including phenoxy) is 1. The zero-order valence-electron chi connectivity index (χ0n) is 15.3. The van der Waals surface area contributed by atoms with E-state index in [1.54, 1.807) is 0 Å². The van der Waals surface area contributed by atoms with Crippen LogP contribution < -0.4 is 10.6 Å². The summed E-state index contributed by atoms with van der Waals surface area (Å²) in [4.78, 5) is 6.96. The third-order valence-electron chi connectivity index (χ3n) is 4.06. The number of halogens is 3. The Morgan fingerprint density at radius 1 is 1.31 bits per heavy atom. The summed E-state index contributed by atoms with van der Waals surface area (Å²) in [6.07, 6.45) is 1.51. The highest BCUT2D eigenvalue weighted by molar-refractivity contribution is 14.0. The topological polar surface area (TPSA) is 48.9 Å². The molecule has 2 N–H and O–H groups in total. The minimum Gasteiger partial charge on any atom is -0.379 e. The van der Waals surface area contributed by atoms with Crippen LogP contribution in [0.3, 0.4) is 0 Å². The fourth-order valence-electron chi connectivity index (χ4n) is 2.68. The molecule has 0 radical (unpaired) electrons. The molecule has 1 fully saturated rings. The lowest BCUT2D eigenvalue weighted by Crippen LogP contribution is -2.44. The van der Waals surface area contributed by atoms with E-state index in [0.717, 1.165) is 68.4 Å². The Bertz CT molecular complexity index is 556. The van der Waals surface area contributed by atoms with Gasteiger partial charge in [0, 0.05) is 43.7 Å². The monoisotopic (exact) mass is 542 g/mol.